The van der Waals surface area contributed by atoms with Gasteiger partial charge in [0.25, 0.3) is 0 Å². The van der Waals surface area contributed by atoms with E-state index in [1.54, 1.807) is 18.3 Å². The fourth-order valence-corrected chi connectivity index (χ4v) is 4.24. The Balaban J connectivity index is 0.000000617. The lowest BCUT2D eigenvalue weighted by molar-refractivity contribution is 0.102. The number of aromatic nitrogens is 2. The second-order valence-electron chi connectivity index (χ2n) is 5.11. The molecule has 22 heavy (non-hydrogen) atoms. The molecule has 3 aromatic rings. The zero-order chi connectivity index (χ0) is 15.7. The number of hydrogen-bond acceptors (Lipinski definition) is 5. The smallest absolute Gasteiger partial charge is 0.171 e. The Kier molecular flexibility index (Phi) is 4.36. The summed E-state index contributed by atoms with van der Waals surface area (Å²) in [6, 6.07) is 6.12. The second kappa shape index (κ2) is 6.26. The van der Waals surface area contributed by atoms with Crippen LogP contribution in [-0.2, 0) is 0 Å². The predicted molar refractivity (Wildman–Crippen MR) is 96.2 cm³/mol. The Hall–Kier alpha value is -1.59. The van der Waals surface area contributed by atoms with Gasteiger partial charge in [-0.3, -0.25) is 4.79 Å². The highest BCUT2D eigenvalue weighted by atomic mass is 32.1. The van der Waals surface area contributed by atoms with Crippen molar-refractivity contribution < 1.29 is 6.22 Å². The Morgan fingerprint density at radius 1 is 1.32 bits per heavy atom. The topological polar surface area (TPSA) is 42.9 Å². The highest BCUT2D eigenvalue weighted by Crippen LogP contribution is 2.48. The van der Waals surface area contributed by atoms with Gasteiger partial charge in [0.05, 0.1) is 26.3 Å². The van der Waals surface area contributed by atoms with Gasteiger partial charge in [-0.2, -0.15) is 4.37 Å². The van der Waals surface area contributed by atoms with Gasteiger partial charge >= 0.3 is 0 Å². The molecule has 0 bridgehead atoms. The standard InChI is InChI=1S/C15H12N2OS2.C2H6.H2/c1-8(18)14-12(9-5-6-9)13(17-20-14)10-3-2-4-11-15(10)19-7-16-11;1-2;/h2-4,7,9H,5-6H2,1H3;1-2H3;1H. The molecule has 3 nitrogen and oxygen atoms in total. The summed E-state index contributed by atoms with van der Waals surface area (Å²) in [5.74, 6) is 0.651. The Morgan fingerprint density at radius 2 is 2.09 bits per heavy atom. The quantitative estimate of drug-likeness (QED) is 0.572. The molecule has 1 aromatic carbocycles. The van der Waals surface area contributed by atoms with Crippen LogP contribution in [-0.4, -0.2) is 15.1 Å². The van der Waals surface area contributed by atoms with Gasteiger partial charge in [-0.25, -0.2) is 4.98 Å². The highest BCUT2D eigenvalue weighted by molar-refractivity contribution is 7.17. The van der Waals surface area contributed by atoms with Gasteiger partial charge in [0.1, 0.15) is 0 Å². The van der Waals surface area contributed by atoms with E-state index in [2.05, 4.69) is 15.4 Å². The average molecular weight is 332 g/mol. The monoisotopic (exact) mass is 332 g/mol. The maximum atomic E-state index is 11.8. The third kappa shape index (κ3) is 2.59. The molecule has 1 aliphatic carbocycles. The molecular weight excluding hydrogens is 312 g/mol. The van der Waals surface area contributed by atoms with Crippen LogP contribution in [0, 0.1) is 0 Å². The van der Waals surface area contributed by atoms with Crippen molar-refractivity contribution in [1.29, 1.82) is 0 Å². The SMILES string of the molecule is CC.CC(=O)c1snc(-c2cccc3ncsc23)c1C1CC1.[HH]. The lowest BCUT2D eigenvalue weighted by atomic mass is 10.0. The van der Waals surface area contributed by atoms with E-state index in [9.17, 15) is 4.79 Å². The van der Waals surface area contributed by atoms with Crippen molar-refractivity contribution in [2.45, 2.75) is 39.5 Å². The molecule has 0 atom stereocenters. The number of carbonyl (C=O) groups is 1. The molecule has 0 N–H and O–H groups in total. The van der Waals surface area contributed by atoms with Crippen LogP contribution in [0.3, 0.4) is 0 Å². The molecule has 5 heteroatoms. The molecular formula is C17H20N2OS2. The van der Waals surface area contributed by atoms with Crippen molar-refractivity contribution in [3.8, 4) is 11.3 Å². The van der Waals surface area contributed by atoms with Gasteiger partial charge in [-0.05, 0) is 36.4 Å². The predicted octanol–water partition coefficient (Wildman–Crippen LogP) is 5.77. The molecule has 1 saturated carbocycles. The summed E-state index contributed by atoms with van der Waals surface area (Å²) in [4.78, 5) is 17.0. The molecule has 2 heterocycles. The zero-order valence-corrected chi connectivity index (χ0v) is 14.6. The number of thiazole rings is 1. The third-order valence-corrected chi connectivity index (χ3v) is 5.48. The summed E-state index contributed by atoms with van der Waals surface area (Å²) >= 11 is 2.98. The van der Waals surface area contributed by atoms with Crippen LogP contribution in [0.1, 0.15) is 56.2 Å². The van der Waals surface area contributed by atoms with Gasteiger partial charge in [0, 0.05) is 19.5 Å². The fourth-order valence-electron chi connectivity index (χ4n) is 2.57. The molecule has 0 unspecified atom stereocenters. The lowest BCUT2D eigenvalue weighted by Crippen LogP contribution is -1.94. The van der Waals surface area contributed by atoms with Crippen molar-refractivity contribution >= 4 is 38.9 Å². The first kappa shape index (κ1) is 15.3. The minimum atomic E-state index is 0. The van der Waals surface area contributed by atoms with Crippen molar-refractivity contribution in [2.24, 2.45) is 0 Å². The van der Waals surface area contributed by atoms with E-state index < -0.39 is 0 Å². The molecule has 0 saturated heterocycles. The van der Waals surface area contributed by atoms with Gasteiger partial charge in [0.15, 0.2) is 5.78 Å². The molecule has 0 spiro atoms. The minimum absolute atomic E-state index is 0. The van der Waals surface area contributed by atoms with E-state index >= 15 is 0 Å². The van der Waals surface area contributed by atoms with E-state index in [1.165, 1.54) is 29.9 Å². The number of ketones is 1. The number of fused-ring (bicyclic) bond motifs is 1. The van der Waals surface area contributed by atoms with Gasteiger partial charge in [0.2, 0.25) is 0 Å². The van der Waals surface area contributed by atoms with Gasteiger partial charge in [-0.1, -0.05) is 26.0 Å². The molecule has 0 aliphatic heterocycles. The van der Waals surface area contributed by atoms with E-state index in [-0.39, 0.29) is 7.21 Å². The first-order valence-electron chi connectivity index (χ1n) is 7.59. The van der Waals surface area contributed by atoms with Crippen molar-refractivity contribution in [3.63, 3.8) is 0 Å². The number of benzene rings is 1. The summed E-state index contributed by atoms with van der Waals surface area (Å²) < 4.78 is 5.76. The fraction of sp³-hybridized carbons (Fsp3) is 0.353. The van der Waals surface area contributed by atoms with Crippen LogP contribution < -0.4 is 0 Å². The molecule has 0 radical (unpaired) electrons. The van der Waals surface area contributed by atoms with E-state index in [1.807, 2.05) is 31.5 Å². The summed E-state index contributed by atoms with van der Waals surface area (Å²) in [6.07, 6.45) is 2.34. The number of Topliss-reactive ketones (excluding diaryl/α,β-unsaturated/α-hetero) is 1. The average Bonchev–Trinajstić information content (AvgIpc) is 3.10. The third-order valence-electron chi connectivity index (χ3n) is 3.65. The Morgan fingerprint density at radius 3 is 2.77 bits per heavy atom. The van der Waals surface area contributed by atoms with Crippen LogP contribution in [0.15, 0.2) is 23.7 Å². The first-order chi connectivity index (χ1) is 10.8. The molecule has 4 rings (SSSR count). The summed E-state index contributed by atoms with van der Waals surface area (Å²) in [5, 5.41) is 0. The summed E-state index contributed by atoms with van der Waals surface area (Å²) in [5.41, 5.74) is 6.16. The van der Waals surface area contributed by atoms with Crippen LogP contribution in [0.25, 0.3) is 21.5 Å². The van der Waals surface area contributed by atoms with Crippen LogP contribution in [0.2, 0.25) is 0 Å². The van der Waals surface area contributed by atoms with Crippen LogP contribution in [0.4, 0.5) is 0 Å². The van der Waals surface area contributed by atoms with Gasteiger partial charge in [-0.15, -0.1) is 11.3 Å². The Bertz CT molecular complexity index is 821. The largest absolute Gasteiger partial charge is 0.294 e. The molecule has 0 amide bonds. The van der Waals surface area contributed by atoms with Crippen LogP contribution >= 0.6 is 22.9 Å². The second-order valence-corrected chi connectivity index (χ2v) is 6.74. The number of rotatable bonds is 3. The van der Waals surface area contributed by atoms with Crippen molar-refractivity contribution in [3.05, 3.63) is 34.2 Å². The van der Waals surface area contributed by atoms with E-state index in [0.717, 1.165) is 26.4 Å². The molecule has 2 aromatic heterocycles. The van der Waals surface area contributed by atoms with Gasteiger partial charge < -0.3 is 0 Å². The van der Waals surface area contributed by atoms with Crippen molar-refractivity contribution in [1.82, 2.24) is 9.36 Å². The number of nitrogens with zero attached hydrogens (tertiary/aromatic N) is 2. The molecule has 1 fully saturated rings. The minimum Gasteiger partial charge on any atom is -0.294 e. The zero-order valence-electron chi connectivity index (χ0n) is 12.9. The lowest BCUT2D eigenvalue weighted by Gasteiger charge is -2.04. The Labute approximate surface area is 139 Å². The maximum absolute atomic E-state index is 11.8. The van der Waals surface area contributed by atoms with Crippen molar-refractivity contribution in [2.75, 3.05) is 0 Å². The maximum Gasteiger partial charge on any atom is 0.171 e. The van der Waals surface area contributed by atoms with Crippen LogP contribution in [0.5, 0.6) is 0 Å². The first-order valence-corrected chi connectivity index (χ1v) is 9.24. The molecule has 116 valence electrons. The molecule has 1 aliphatic rings. The number of carbonyl (C=O) groups excluding carboxylic acids is 1. The van der Waals surface area contributed by atoms with E-state index in [0.29, 0.717) is 5.92 Å². The summed E-state index contributed by atoms with van der Waals surface area (Å²) in [7, 11) is 0. The van der Waals surface area contributed by atoms with E-state index in [4.69, 9.17) is 0 Å². The highest BCUT2D eigenvalue weighted by Gasteiger charge is 2.33. The summed E-state index contributed by atoms with van der Waals surface area (Å²) in [6.45, 7) is 5.64. The normalized spacial score (nSPS) is 13.8. The number of hydrogen-bond donors (Lipinski definition) is 0.